The van der Waals surface area contributed by atoms with Crippen LogP contribution in [0.15, 0.2) is 30.6 Å². The summed E-state index contributed by atoms with van der Waals surface area (Å²) in [6, 6.07) is 4.99. The number of fused-ring (bicyclic) bond motifs is 2. The quantitative estimate of drug-likeness (QED) is 0.858. The average molecular weight is 379 g/mol. The molecule has 1 aliphatic carbocycles. The highest BCUT2D eigenvalue weighted by Gasteiger charge is 2.46. The van der Waals surface area contributed by atoms with Crippen molar-refractivity contribution in [2.45, 2.75) is 24.9 Å². The van der Waals surface area contributed by atoms with Crippen LogP contribution < -0.4 is 10.2 Å². The number of nitrogens with one attached hydrogen (secondary N) is 1. The molecule has 2 bridgehead atoms. The van der Waals surface area contributed by atoms with Gasteiger partial charge in [0.25, 0.3) is 5.91 Å². The lowest BCUT2D eigenvalue weighted by Crippen LogP contribution is -2.46. The number of carbonyl (C=O) groups is 1. The molecule has 1 aromatic heterocycles. The summed E-state index contributed by atoms with van der Waals surface area (Å²) in [6.45, 7) is 0.807. The minimum absolute atomic E-state index is 0.0506. The van der Waals surface area contributed by atoms with E-state index in [4.69, 9.17) is 23.2 Å². The molecule has 1 aliphatic heterocycles. The zero-order chi connectivity index (χ0) is 17.6. The summed E-state index contributed by atoms with van der Waals surface area (Å²) in [5, 5.41) is 13.4. The van der Waals surface area contributed by atoms with Gasteiger partial charge in [-0.1, -0.05) is 23.2 Å². The highest BCUT2D eigenvalue weighted by atomic mass is 35.5. The predicted octanol–water partition coefficient (Wildman–Crippen LogP) is 2.89. The van der Waals surface area contributed by atoms with Gasteiger partial charge < -0.3 is 15.3 Å². The number of anilines is 1. The second-order valence-corrected chi connectivity index (χ2v) is 7.29. The zero-order valence-electron chi connectivity index (χ0n) is 13.2. The van der Waals surface area contributed by atoms with Crippen LogP contribution in [-0.2, 0) is 0 Å². The van der Waals surface area contributed by atoms with Crippen LogP contribution in [0, 0.1) is 5.92 Å². The molecule has 1 saturated carbocycles. The molecule has 25 heavy (non-hydrogen) atoms. The van der Waals surface area contributed by atoms with Crippen molar-refractivity contribution in [1.29, 1.82) is 0 Å². The van der Waals surface area contributed by atoms with Crippen LogP contribution in [0.3, 0.4) is 0 Å². The number of phenols is 1. The van der Waals surface area contributed by atoms with E-state index in [1.165, 1.54) is 12.1 Å². The van der Waals surface area contributed by atoms with E-state index in [1.54, 1.807) is 18.5 Å². The number of carbonyl (C=O) groups excluding carboxylic acids is 1. The second-order valence-electron chi connectivity index (χ2n) is 6.45. The molecular formula is C17H16Cl2N4O2. The number of amides is 1. The summed E-state index contributed by atoms with van der Waals surface area (Å²) >= 11 is 11.8. The summed E-state index contributed by atoms with van der Waals surface area (Å²) in [4.78, 5) is 23.3. The third-order valence-electron chi connectivity index (χ3n) is 4.94. The van der Waals surface area contributed by atoms with E-state index >= 15 is 0 Å². The smallest absolute Gasteiger partial charge is 0.255 e. The first-order valence-electron chi connectivity index (χ1n) is 8.05. The predicted molar refractivity (Wildman–Crippen MR) is 95.3 cm³/mol. The normalized spacial score (nSPS) is 24.6. The Hall–Kier alpha value is -2.05. The number of benzene rings is 1. The highest BCUT2D eigenvalue weighted by molar-refractivity contribution is 6.36. The number of aromatic hydroxyl groups is 1. The van der Waals surface area contributed by atoms with E-state index in [-0.39, 0.29) is 28.3 Å². The Morgan fingerprint density at radius 3 is 2.68 bits per heavy atom. The summed E-state index contributed by atoms with van der Waals surface area (Å²) in [5.41, 5.74) is 0.100. The largest absolute Gasteiger partial charge is 0.506 e. The maximum atomic E-state index is 12.5. The molecule has 1 amide bonds. The van der Waals surface area contributed by atoms with E-state index in [1.807, 2.05) is 0 Å². The van der Waals surface area contributed by atoms with Crippen LogP contribution in [0.2, 0.25) is 10.0 Å². The van der Waals surface area contributed by atoms with Gasteiger partial charge in [0.15, 0.2) is 0 Å². The molecule has 2 aromatic rings. The first kappa shape index (κ1) is 16.4. The monoisotopic (exact) mass is 378 g/mol. The van der Waals surface area contributed by atoms with Crippen LogP contribution in [0.4, 0.5) is 5.95 Å². The molecule has 2 fully saturated rings. The maximum Gasteiger partial charge on any atom is 0.255 e. The number of nitrogens with zero attached hydrogens (tertiary/aromatic N) is 3. The first-order valence-corrected chi connectivity index (χ1v) is 8.81. The highest BCUT2D eigenvalue weighted by Crippen LogP contribution is 2.40. The van der Waals surface area contributed by atoms with Crippen LogP contribution >= 0.6 is 23.2 Å². The molecule has 6 nitrogen and oxygen atoms in total. The van der Waals surface area contributed by atoms with Crippen LogP contribution in [0.5, 0.6) is 5.75 Å². The summed E-state index contributed by atoms with van der Waals surface area (Å²) in [7, 11) is 0. The molecule has 4 rings (SSSR count). The third kappa shape index (κ3) is 3.00. The maximum absolute atomic E-state index is 12.5. The Labute approximate surface area is 154 Å². The molecule has 3 atom stereocenters. The minimum Gasteiger partial charge on any atom is -0.506 e. The van der Waals surface area contributed by atoms with Crippen molar-refractivity contribution in [3.63, 3.8) is 0 Å². The molecule has 130 valence electrons. The van der Waals surface area contributed by atoms with E-state index in [2.05, 4.69) is 20.2 Å². The van der Waals surface area contributed by atoms with Gasteiger partial charge in [-0.3, -0.25) is 4.79 Å². The number of hydrogen-bond acceptors (Lipinski definition) is 5. The second kappa shape index (κ2) is 6.35. The van der Waals surface area contributed by atoms with Gasteiger partial charge in [-0.05, 0) is 37.0 Å². The van der Waals surface area contributed by atoms with Gasteiger partial charge in [0, 0.05) is 36.0 Å². The summed E-state index contributed by atoms with van der Waals surface area (Å²) in [5.74, 6) is 0.460. The van der Waals surface area contributed by atoms with Gasteiger partial charge in [-0.15, -0.1) is 0 Å². The molecule has 2 heterocycles. The first-order chi connectivity index (χ1) is 12.0. The van der Waals surface area contributed by atoms with Crippen molar-refractivity contribution in [3.05, 3.63) is 46.2 Å². The molecule has 1 aromatic carbocycles. The number of aromatic nitrogens is 2. The zero-order valence-corrected chi connectivity index (χ0v) is 14.7. The minimum atomic E-state index is -0.359. The van der Waals surface area contributed by atoms with Gasteiger partial charge in [-0.25, -0.2) is 9.97 Å². The Kier molecular flexibility index (Phi) is 4.17. The molecule has 1 saturated heterocycles. The van der Waals surface area contributed by atoms with Crippen molar-refractivity contribution in [3.8, 4) is 5.75 Å². The van der Waals surface area contributed by atoms with Crippen molar-refractivity contribution in [1.82, 2.24) is 15.3 Å². The molecule has 0 unspecified atom stereocenters. The van der Waals surface area contributed by atoms with E-state index in [0.29, 0.717) is 17.0 Å². The summed E-state index contributed by atoms with van der Waals surface area (Å²) in [6.07, 6.45) is 5.29. The standard InChI is InChI=1S/C17H16Cl2N4O2/c18-10-5-12(15(24)13(19)6-10)16(25)22-14-7-11-4-9(14)8-23(11)17-20-2-1-3-21-17/h1-3,5-6,9,11,14,24H,4,7-8H2,(H,22,25)/t9-,11-,14-/m1/s1. The molecule has 8 heteroatoms. The van der Waals surface area contributed by atoms with Gasteiger partial charge in [0.2, 0.25) is 5.95 Å². The van der Waals surface area contributed by atoms with Gasteiger partial charge in [0.05, 0.1) is 10.6 Å². The molecule has 2 N–H and O–H groups in total. The van der Waals surface area contributed by atoms with E-state index < -0.39 is 0 Å². The van der Waals surface area contributed by atoms with Crippen LogP contribution in [-0.4, -0.2) is 39.6 Å². The number of phenolic OH excluding ortho intramolecular Hbond substituents is 1. The fraction of sp³-hybridized carbons (Fsp3) is 0.353. The lowest BCUT2D eigenvalue weighted by Gasteiger charge is -2.31. The number of rotatable bonds is 3. The SMILES string of the molecule is O=C(N[C@@H]1C[C@H]2C[C@@H]1CN2c1ncccn1)c1cc(Cl)cc(Cl)c1O. The van der Waals surface area contributed by atoms with Gasteiger partial charge in [-0.2, -0.15) is 0 Å². The fourth-order valence-corrected chi connectivity index (χ4v) is 4.29. The van der Waals surface area contributed by atoms with Crippen molar-refractivity contribution < 1.29 is 9.90 Å². The van der Waals surface area contributed by atoms with Crippen molar-refractivity contribution in [2.75, 3.05) is 11.4 Å². The van der Waals surface area contributed by atoms with Gasteiger partial charge >= 0.3 is 0 Å². The molecule has 0 spiro atoms. The summed E-state index contributed by atoms with van der Waals surface area (Å²) < 4.78 is 0. The Balaban J connectivity index is 1.46. The number of halogens is 2. The van der Waals surface area contributed by atoms with Crippen LogP contribution in [0.1, 0.15) is 23.2 Å². The average Bonchev–Trinajstić information content (AvgIpc) is 3.19. The lowest BCUT2D eigenvalue weighted by atomic mass is 10.0. The topological polar surface area (TPSA) is 78.4 Å². The lowest BCUT2D eigenvalue weighted by molar-refractivity contribution is 0.0923. The number of hydrogen-bond donors (Lipinski definition) is 2. The Morgan fingerprint density at radius 2 is 2.00 bits per heavy atom. The van der Waals surface area contributed by atoms with Crippen molar-refractivity contribution >= 4 is 35.1 Å². The Bertz CT molecular complexity index is 818. The number of piperidine rings is 1. The van der Waals surface area contributed by atoms with Crippen LogP contribution in [0.25, 0.3) is 0 Å². The van der Waals surface area contributed by atoms with E-state index in [9.17, 15) is 9.90 Å². The third-order valence-corrected chi connectivity index (χ3v) is 5.45. The van der Waals surface area contributed by atoms with Crippen molar-refractivity contribution in [2.24, 2.45) is 5.92 Å². The molecule has 0 radical (unpaired) electrons. The van der Waals surface area contributed by atoms with Gasteiger partial charge in [0.1, 0.15) is 5.75 Å². The Morgan fingerprint density at radius 1 is 1.24 bits per heavy atom. The molecular weight excluding hydrogens is 363 g/mol. The fourth-order valence-electron chi connectivity index (χ4n) is 3.80. The molecule has 2 aliphatic rings. The van der Waals surface area contributed by atoms with E-state index in [0.717, 1.165) is 25.3 Å².